The van der Waals surface area contributed by atoms with E-state index in [1.165, 1.54) is 90.1 Å². The maximum absolute atomic E-state index is 5.89. The summed E-state index contributed by atoms with van der Waals surface area (Å²) in [5, 5.41) is 0. The molecule has 24 heavy (non-hydrogen) atoms. The van der Waals surface area contributed by atoms with Crippen molar-refractivity contribution in [3.05, 3.63) is 0 Å². The third-order valence-corrected chi connectivity index (χ3v) is 5.68. The Hall–Kier alpha value is 1.21. The van der Waals surface area contributed by atoms with Crippen LogP contribution in [0.1, 0.15) is 104 Å². The first kappa shape index (κ1) is 30.0. The van der Waals surface area contributed by atoms with Gasteiger partial charge in [0.05, 0.1) is 0 Å². The van der Waals surface area contributed by atoms with E-state index in [1.54, 1.807) is 0 Å². The van der Waals surface area contributed by atoms with E-state index in [0.29, 0.717) is 0 Å². The van der Waals surface area contributed by atoms with Gasteiger partial charge in [-0.25, -0.2) is 0 Å². The fraction of sp³-hybridized carbons (Fsp3) is 1.00. The van der Waals surface area contributed by atoms with E-state index in [4.69, 9.17) is 3.32 Å². The van der Waals surface area contributed by atoms with Gasteiger partial charge in [-0.2, -0.15) is 0 Å². The average molecular weight is 420 g/mol. The van der Waals surface area contributed by atoms with Crippen LogP contribution >= 0.6 is 24.8 Å². The summed E-state index contributed by atoms with van der Waals surface area (Å²) in [5.41, 5.74) is 0. The van der Waals surface area contributed by atoms with E-state index in [2.05, 4.69) is 24.2 Å². The molecule has 0 amide bonds. The largest absolute Gasteiger partial charge is 0.147 e. The van der Waals surface area contributed by atoms with Crippen LogP contribution in [-0.2, 0) is 23.1 Å². The van der Waals surface area contributed by atoms with Gasteiger partial charge in [-0.05, 0) is 0 Å². The molecular weight excluding hydrogens is 377 g/mol. The molecule has 5 heteroatoms. The van der Waals surface area contributed by atoms with Crippen LogP contribution < -0.4 is 0 Å². The molecule has 0 aliphatic rings. The summed E-state index contributed by atoms with van der Waals surface area (Å²) in [6.07, 6.45) is 17.9. The zero-order valence-corrected chi connectivity index (χ0v) is 19.7. The average Bonchev–Trinajstić information content (AvgIpc) is 2.53. The topological polar surface area (TPSA) is 12.5 Å². The summed E-state index contributed by atoms with van der Waals surface area (Å²) in [7, 11) is 0. The van der Waals surface area contributed by atoms with Gasteiger partial charge in [0.15, 0.2) is 0 Å². The third kappa shape index (κ3) is 23.2. The van der Waals surface area contributed by atoms with Gasteiger partial charge in [0.25, 0.3) is 0 Å². The van der Waals surface area contributed by atoms with Gasteiger partial charge < -0.3 is 0 Å². The fourth-order valence-electron chi connectivity index (χ4n) is 2.61. The molecule has 0 radical (unpaired) electrons. The Morgan fingerprint density at radius 3 is 1.42 bits per heavy atom. The summed E-state index contributed by atoms with van der Waals surface area (Å²) >= 11 is -0.312. The summed E-state index contributed by atoms with van der Waals surface area (Å²) in [5.74, 6) is 0. The maximum Gasteiger partial charge on any atom is -0.147 e. The van der Waals surface area contributed by atoms with Crippen molar-refractivity contribution in [3.63, 3.8) is 0 Å². The number of hydrogen-bond donors (Lipinski definition) is 0. The minimum absolute atomic E-state index is 0. The number of rotatable bonds is 18. The first-order chi connectivity index (χ1) is 10.8. The van der Waals surface area contributed by atoms with E-state index in [-0.39, 0.29) is 44.6 Å². The second-order valence-corrected chi connectivity index (χ2v) is 8.19. The van der Waals surface area contributed by atoms with Crippen molar-refractivity contribution >= 4 is 24.8 Å². The van der Waals surface area contributed by atoms with E-state index >= 15 is 0 Å². The van der Waals surface area contributed by atoms with Gasteiger partial charge in [0, 0.05) is 0 Å². The Morgan fingerprint density at radius 2 is 1.00 bits per heavy atom. The zero-order chi connectivity index (χ0) is 16.3. The molecule has 0 aromatic carbocycles. The molecule has 0 spiro atoms. The van der Waals surface area contributed by atoms with Crippen LogP contribution in [-0.4, -0.2) is 23.1 Å². The number of unbranched alkanes of at least 4 members (excludes halogenated alkanes) is 10. The maximum atomic E-state index is 5.89. The predicted octanol–water partition coefficient (Wildman–Crippen LogP) is 7.19. The Kier molecular flexibility index (Phi) is 33.0. The molecule has 0 aliphatic heterocycles. The van der Waals surface area contributed by atoms with E-state index in [9.17, 15) is 0 Å². The van der Waals surface area contributed by atoms with Crippen LogP contribution in [0.4, 0.5) is 0 Å². The molecule has 148 valence electrons. The number of hydrogen-bond acceptors (Lipinski definition) is 2. The van der Waals surface area contributed by atoms with Crippen LogP contribution in [0.15, 0.2) is 0 Å². The van der Waals surface area contributed by atoms with Gasteiger partial charge in [-0.1, -0.05) is 0 Å². The zero-order valence-electron chi connectivity index (χ0n) is 16.5. The molecule has 0 aliphatic carbocycles. The van der Waals surface area contributed by atoms with E-state index < -0.39 is 0 Å². The van der Waals surface area contributed by atoms with Gasteiger partial charge in [-0.15, -0.1) is 24.8 Å². The van der Waals surface area contributed by atoms with Crippen molar-refractivity contribution in [2.75, 3.05) is 19.7 Å². The first-order valence-electron chi connectivity index (χ1n) is 9.97. The second-order valence-electron chi connectivity index (χ2n) is 6.46. The molecular formula is C19H43Cl2NOTi. The van der Waals surface area contributed by atoms with Crippen molar-refractivity contribution in [2.24, 2.45) is 0 Å². The van der Waals surface area contributed by atoms with E-state index in [1.807, 2.05) is 0 Å². The number of halogens is 2. The molecule has 0 bridgehead atoms. The Bertz CT molecular complexity index is 196. The monoisotopic (exact) mass is 419 g/mol. The molecule has 2 nitrogen and oxygen atoms in total. The van der Waals surface area contributed by atoms with Crippen LogP contribution in [0, 0.1) is 0 Å². The van der Waals surface area contributed by atoms with Crippen molar-refractivity contribution in [3.8, 4) is 0 Å². The van der Waals surface area contributed by atoms with Crippen molar-refractivity contribution in [2.45, 2.75) is 104 Å². The van der Waals surface area contributed by atoms with Gasteiger partial charge in [-0.3, -0.25) is 0 Å². The summed E-state index contributed by atoms with van der Waals surface area (Å²) < 4.78 is 8.55. The molecule has 0 aromatic heterocycles. The van der Waals surface area contributed by atoms with Crippen molar-refractivity contribution in [1.29, 1.82) is 0 Å². The second kappa shape index (κ2) is 26.4. The molecule has 0 rings (SSSR count). The predicted molar refractivity (Wildman–Crippen MR) is 109 cm³/mol. The van der Waals surface area contributed by atoms with Crippen molar-refractivity contribution in [1.82, 2.24) is 3.38 Å². The summed E-state index contributed by atoms with van der Waals surface area (Å²) in [6, 6.07) is 0. The SMILES string of the molecule is CCCCCCCC[N](CCCCCCCC)[Ti][O]CCC.Cl.Cl. The van der Waals surface area contributed by atoms with Crippen LogP contribution in [0.25, 0.3) is 0 Å². The Labute approximate surface area is 174 Å². The van der Waals surface area contributed by atoms with Gasteiger partial charge in [0.2, 0.25) is 0 Å². The third-order valence-electron chi connectivity index (χ3n) is 4.06. The smallest absolute Gasteiger partial charge is 0.147 e. The minimum Gasteiger partial charge on any atom is -0.147 e. The van der Waals surface area contributed by atoms with Crippen LogP contribution in [0.2, 0.25) is 0 Å². The van der Waals surface area contributed by atoms with Gasteiger partial charge >= 0.3 is 150 Å². The molecule has 0 atom stereocenters. The van der Waals surface area contributed by atoms with Crippen LogP contribution in [0.5, 0.6) is 0 Å². The molecule has 0 aromatic rings. The Morgan fingerprint density at radius 1 is 0.583 bits per heavy atom. The standard InChI is InChI=1S/C16H34N.C3H7O.2ClH.Ti/c1-3-5-7-9-11-13-15-17-16-14-12-10-8-6-4-2;1-2-3-4;;;/h3-16H2,1-2H3;2-3H2,1H3;2*1H;/q2*-1;;;+2. The van der Waals surface area contributed by atoms with Crippen LogP contribution in [0.3, 0.4) is 0 Å². The Balaban J connectivity index is -0.00000220. The van der Waals surface area contributed by atoms with Crippen molar-refractivity contribution < 1.29 is 23.1 Å². The molecule has 0 fully saturated rings. The summed E-state index contributed by atoms with van der Waals surface area (Å²) in [6.45, 7) is 10.3. The normalized spacial score (nSPS) is 10.3. The van der Waals surface area contributed by atoms with E-state index in [0.717, 1.165) is 13.0 Å². The first-order valence-corrected chi connectivity index (χ1v) is 11.3. The quantitative estimate of drug-likeness (QED) is 0.172. The molecule has 0 saturated heterocycles. The minimum atomic E-state index is -0.312. The molecule has 0 saturated carbocycles. The fourth-order valence-corrected chi connectivity index (χ4v) is 4.13. The van der Waals surface area contributed by atoms with Gasteiger partial charge in [0.1, 0.15) is 0 Å². The number of nitrogens with zero attached hydrogens (tertiary/aromatic N) is 1. The molecule has 0 unspecified atom stereocenters. The molecule has 0 N–H and O–H groups in total. The summed E-state index contributed by atoms with van der Waals surface area (Å²) in [4.78, 5) is 0. The molecule has 0 heterocycles.